The number of nitrogens with zero attached hydrogens (tertiary/aromatic N) is 1. The first-order valence-corrected chi connectivity index (χ1v) is 5.30. The van der Waals surface area contributed by atoms with Crippen LogP contribution in [0.1, 0.15) is 23.2 Å². The third-order valence-corrected chi connectivity index (χ3v) is 2.79. The van der Waals surface area contributed by atoms with E-state index in [1.54, 1.807) is 12.1 Å². The predicted octanol–water partition coefficient (Wildman–Crippen LogP) is 2.17. The molecule has 0 unspecified atom stereocenters. The molecule has 1 heterocycles. The van der Waals surface area contributed by atoms with Crippen molar-refractivity contribution >= 4 is 29.2 Å². The van der Waals surface area contributed by atoms with Crippen LogP contribution < -0.4 is 4.90 Å². The number of carboxylic acid groups (broad SMARTS) is 1. The molecule has 0 aromatic heterocycles. The molecule has 0 bridgehead atoms. The van der Waals surface area contributed by atoms with Crippen molar-refractivity contribution in [2.75, 3.05) is 11.4 Å². The van der Waals surface area contributed by atoms with Gasteiger partial charge in [-0.25, -0.2) is 4.79 Å². The molecule has 1 amide bonds. The predicted molar refractivity (Wildman–Crippen MR) is 60.0 cm³/mol. The van der Waals surface area contributed by atoms with E-state index in [2.05, 4.69) is 0 Å². The lowest BCUT2D eigenvalue weighted by Gasteiger charge is -2.18. The highest BCUT2D eigenvalue weighted by Crippen LogP contribution is 2.27. The molecule has 1 aliphatic rings. The fraction of sp³-hybridized carbons (Fsp3) is 0.273. The van der Waals surface area contributed by atoms with Gasteiger partial charge in [0.05, 0.1) is 11.3 Å². The number of anilines is 1. The minimum Gasteiger partial charge on any atom is -0.478 e. The largest absolute Gasteiger partial charge is 0.478 e. The van der Waals surface area contributed by atoms with Gasteiger partial charge in [0.1, 0.15) is 0 Å². The van der Waals surface area contributed by atoms with E-state index < -0.39 is 5.97 Å². The van der Waals surface area contributed by atoms with E-state index in [0.29, 0.717) is 23.7 Å². The van der Waals surface area contributed by atoms with Crippen molar-refractivity contribution in [1.29, 1.82) is 0 Å². The number of carboxylic acids is 1. The highest BCUT2D eigenvalue weighted by Gasteiger charge is 2.25. The average molecular weight is 240 g/mol. The maximum absolute atomic E-state index is 11.5. The topological polar surface area (TPSA) is 57.6 Å². The Morgan fingerprint density at radius 3 is 2.75 bits per heavy atom. The molecule has 16 heavy (non-hydrogen) atoms. The van der Waals surface area contributed by atoms with E-state index in [1.807, 2.05) is 0 Å². The van der Waals surface area contributed by atoms with Crippen LogP contribution >= 0.6 is 11.6 Å². The van der Waals surface area contributed by atoms with Crippen LogP contribution in [0.3, 0.4) is 0 Å². The fourth-order valence-electron chi connectivity index (χ4n) is 1.82. The quantitative estimate of drug-likeness (QED) is 0.861. The second-order valence-electron chi connectivity index (χ2n) is 3.62. The Labute approximate surface area is 97.4 Å². The summed E-state index contributed by atoms with van der Waals surface area (Å²) in [5.74, 6) is -1.11. The summed E-state index contributed by atoms with van der Waals surface area (Å²) in [6.07, 6.45) is 1.24. The summed E-state index contributed by atoms with van der Waals surface area (Å²) < 4.78 is 0. The molecule has 84 valence electrons. The van der Waals surface area contributed by atoms with Crippen molar-refractivity contribution in [2.45, 2.75) is 12.8 Å². The number of halogens is 1. The van der Waals surface area contributed by atoms with E-state index in [9.17, 15) is 9.59 Å². The zero-order valence-electron chi connectivity index (χ0n) is 8.44. The van der Waals surface area contributed by atoms with Gasteiger partial charge in [0, 0.05) is 18.0 Å². The first-order chi connectivity index (χ1) is 7.59. The Morgan fingerprint density at radius 2 is 2.19 bits per heavy atom. The minimum absolute atomic E-state index is 0.0372. The molecule has 1 fully saturated rings. The van der Waals surface area contributed by atoms with Gasteiger partial charge < -0.3 is 10.0 Å². The first-order valence-electron chi connectivity index (χ1n) is 4.93. The molecule has 0 aliphatic carbocycles. The third-order valence-electron chi connectivity index (χ3n) is 2.55. The Morgan fingerprint density at radius 1 is 1.44 bits per heavy atom. The first kappa shape index (κ1) is 11.0. The number of aromatic carboxylic acids is 1. The van der Waals surface area contributed by atoms with Crippen molar-refractivity contribution in [3.63, 3.8) is 0 Å². The number of rotatable bonds is 2. The van der Waals surface area contributed by atoms with E-state index in [-0.39, 0.29) is 11.5 Å². The lowest BCUT2D eigenvalue weighted by atomic mass is 10.1. The summed E-state index contributed by atoms with van der Waals surface area (Å²) in [6.45, 7) is 0.570. The number of hydrogen-bond acceptors (Lipinski definition) is 2. The van der Waals surface area contributed by atoms with Crippen molar-refractivity contribution in [3.8, 4) is 0 Å². The zero-order valence-corrected chi connectivity index (χ0v) is 9.20. The molecule has 0 saturated carbocycles. The maximum Gasteiger partial charge on any atom is 0.337 e. The minimum atomic E-state index is -1.07. The Kier molecular flexibility index (Phi) is 2.83. The van der Waals surface area contributed by atoms with Gasteiger partial charge in [0.15, 0.2) is 0 Å². The van der Waals surface area contributed by atoms with Crippen LogP contribution in [0, 0.1) is 0 Å². The average Bonchev–Trinajstić information content (AvgIpc) is 2.64. The van der Waals surface area contributed by atoms with Gasteiger partial charge in [-0.05, 0) is 24.6 Å². The zero-order chi connectivity index (χ0) is 11.7. The molecule has 0 atom stereocenters. The summed E-state index contributed by atoms with van der Waals surface area (Å²) in [6, 6.07) is 4.54. The van der Waals surface area contributed by atoms with Gasteiger partial charge in [-0.15, -0.1) is 0 Å². The third kappa shape index (κ3) is 1.88. The summed E-state index contributed by atoms with van der Waals surface area (Å²) >= 11 is 5.74. The molecule has 1 aliphatic heterocycles. The number of benzene rings is 1. The van der Waals surface area contributed by atoms with Crippen LogP contribution in [0.4, 0.5) is 5.69 Å². The lowest BCUT2D eigenvalue weighted by molar-refractivity contribution is -0.117. The molecule has 0 radical (unpaired) electrons. The SMILES string of the molecule is O=C(O)c1cc(Cl)ccc1N1CCCC1=O. The van der Waals surface area contributed by atoms with E-state index in [0.717, 1.165) is 6.42 Å². The Bertz CT molecular complexity index is 459. The smallest absolute Gasteiger partial charge is 0.337 e. The summed E-state index contributed by atoms with van der Waals surface area (Å²) in [5.41, 5.74) is 0.502. The lowest BCUT2D eigenvalue weighted by Crippen LogP contribution is -2.25. The van der Waals surface area contributed by atoms with Gasteiger partial charge in [-0.3, -0.25) is 4.79 Å². The van der Waals surface area contributed by atoms with E-state index in [1.165, 1.54) is 11.0 Å². The second kappa shape index (κ2) is 4.14. The molecule has 0 spiro atoms. The van der Waals surface area contributed by atoms with Crippen molar-refractivity contribution in [1.82, 2.24) is 0 Å². The van der Waals surface area contributed by atoms with Gasteiger partial charge >= 0.3 is 5.97 Å². The standard InChI is InChI=1S/C11H10ClNO3/c12-7-3-4-9(8(6-7)11(15)16)13-5-1-2-10(13)14/h3-4,6H,1-2,5H2,(H,15,16). The molecular weight excluding hydrogens is 230 g/mol. The monoisotopic (exact) mass is 239 g/mol. The normalized spacial score (nSPS) is 15.6. The van der Waals surface area contributed by atoms with Crippen molar-refractivity contribution in [2.24, 2.45) is 0 Å². The number of carbonyl (C=O) groups is 2. The second-order valence-corrected chi connectivity index (χ2v) is 4.05. The van der Waals surface area contributed by atoms with Crippen molar-refractivity contribution < 1.29 is 14.7 Å². The number of carbonyl (C=O) groups excluding carboxylic acids is 1. The summed E-state index contributed by atoms with van der Waals surface area (Å²) in [5, 5.41) is 9.39. The van der Waals surface area contributed by atoms with Gasteiger partial charge in [0.2, 0.25) is 5.91 Å². The fourth-order valence-corrected chi connectivity index (χ4v) is 1.99. The van der Waals surface area contributed by atoms with Gasteiger partial charge in [0.25, 0.3) is 0 Å². The van der Waals surface area contributed by atoms with Crippen LogP contribution in [-0.2, 0) is 4.79 Å². The molecule has 5 heteroatoms. The summed E-state index contributed by atoms with van der Waals surface area (Å²) in [7, 11) is 0. The van der Waals surface area contributed by atoms with Gasteiger partial charge in [-0.2, -0.15) is 0 Å². The Balaban J connectivity index is 2.47. The molecule has 2 rings (SSSR count). The molecule has 1 aromatic carbocycles. The Hall–Kier alpha value is -1.55. The van der Waals surface area contributed by atoms with Crippen LogP contribution in [0.15, 0.2) is 18.2 Å². The van der Waals surface area contributed by atoms with Crippen LogP contribution in [0.5, 0.6) is 0 Å². The van der Waals surface area contributed by atoms with E-state index >= 15 is 0 Å². The molecule has 4 nitrogen and oxygen atoms in total. The highest BCUT2D eigenvalue weighted by molar-refractivity contribution is 6.31. The van der Waals surface area contributed by atoms with Gasteiger partial charge in [-0.1, -0.05) is 11.6 Å². The van der Waals surface area contributed by atoms with Crippen LogP contribution in [0.25, 0.3) is 0 Å². The molecular formula is C11H10ClNO3. The van der Waals surface area contributed by atoms with Crippen molar-refractivity contribution in [3.05, 3.63) is 28.8 Å². The maximum atomic E-state index is 11.5. The number of hydrogen-bond donors (Lipinski definition) is 1. The van der Waals surface area contributed by atoms with Crippen LogP contribution in [-0.4, -0.2) is 23.5 Å². The highest BCUT2D eigenvalue weighted by atomic mass is 35.5. The number of amides is 1. The van der Waals surface area contributed by atoms with Crippen LogP contribution in [0.2, 0.25) is 5.02 Å². The molecule has 1 saturated heterocycles. The molecule has 1 N–H and O–H groups in total. The molecule has 1 aromatic rings. The van der Waals surface area contributed by atoms with E-state index in [4.69, 9.17) is 16.7 Å². The summed E-state index contributed by atoms with van der Waals surface area (Å²) in [4.78, 5) is 24.1.